The average molecular weight is 442 g/mol. The van der Waals surface area contributed by atoms with Crippen LogP contribution in [0.1, 0.15) is 38.7 Å². The monoisotopic (exact) mass is 441 g/mol. The van der Waals surface area contributed by atoms with Crippen LogP contribution in [-0.4, -0.2) is 55.2 Å². The van der Waals surface area contributed by atoms with E-state index in [2.05, 4.69) is 31.1 Å². The quantitative estimate of drug-likeness (QED) is 0.633. The van der Waals surface area contributed by atoms with Crippen molar-refractivity contribution in [1.82, 2.24) is 15.1 Å². The first kappa shape index (κ1) is 22.8. The van der Waals surface area contributed by atoms with E-state index in [1.165, 1.54) is 0 Å². The first-order chi connectivity index (χ1) is 15.3. The van der Waals surface area contributed by atoms with Gasteiger partial charge in [-0.2, -0.15) is 0 Å². The van der Waals surface area contributed by atoms with Gasteiger partial charge >= 0.3 is 6.03 Å². The third kappa shape index (κ3) is 5.52. The van der Waals surface area contributed by atoms with Gasteiger partial charge in [0.15, 0.2) is 0 Å². The molecule has 1 aliphatic heterocycles. The molecule has 174 valence electrons. The summed E-state index contributed by atoms with van der Waals surface area (Å²) < 4.78 is 19.4. The lowest BCUT2D eigenvalue weighted by molar-refractivity contribution is 0.120. The summed E-state index contributed by atoms with van der Waals surface area (Å²) in [5, 5.41) is 3.13. The Labute approximate surface area is 191 Å². The Bertz CT molecular complexity index is 858. The van der Waals surface area contributed by atoms with Crippen LogP contribution in [0.2, 0.25) is 0 Å². The van der Waals surface area contributed by atoms with Gasteiger partial charge in [0, 0.05) is 24.5 Å². The Balaban J connectivity index is 1.37. The van der Waals surface area contributed by atoms with E-state index in [1.807, 2.05) is 35.2 Å². The van der Waals surface area contributed by atoms with Crippen LogP contribution in [-0.2, 0) is 6.54 Å². The second-order valence-electron chi connectivity index (χ2n) is 10.1. The summed E-state index contributed by atoms with van der Waals surface area (Å²) in [7, 11) is 2.13. The van der Waals surface area contributed by atoms with Gasteiger partial charge in [0.25, 0.3) is 0 Å². The number of carbonyl (C=O) groups is 1. The van der Waals surface area contributed by atoms with Crippen molar-refractivity contribution < 1.29 is 13.9 Å². The molecule has 0 radical (unpaired) electrons. The third-order valence-corrected chi connectivity index (χ3v) is 6.92. The van der Waals surface area contributed by atoms with E-state index >= 15 is 0 Å². The molecule has 1 heterocycles. The molecule has 2 aliphatic carbocycles. The molecule has 1 saturated heterocycles. The second-order valence-corrected chi connectivity index (χ2v) is 10.1. The summed E-state index contributed by atoms with van der Waals surface area (Å²) in [6, 6.07) is 8.12. The SMILES string of the molecule is CC(C)COc1ccc(CNC(=O)N(CC23C=CC(F)=CC2C3)C2CCN(C)CC2)cc1. The number of allylic oxidation sites excluding steroid dienone is 3. The van der Waals surface area contributed by atoms with Gasteiger partial charge in [-0.1, -0.05) is 32.1 Å². The highest BCUT2D eigenvalue weighted by molar-refractivity contribution is 5.75. The van der Waals surface area contributed by atoms with Gasteiger partial charge < -0.3 is 19.9 Å². The molecule has 32 heavy (non-hydrogen) atoms. The van der Waals surface area contributed by atoms with Crippen LogP contribution < -0.4 is 10.1 Å². The Hall–Kier alpha value is -2.34. The zero-order valence-electron chi connectivity index (χ0n) is 19.5. The van der Waals surface area contributed by atoms with E-state index in [0.717, 1.165) is 43.7 Å². The summed E-state index contributed by atoms with van der Waals surface area (Å²) in [4.78, 5) is 17.6. The highest BCUT2D eigenvalue weighted by atomic mass is 19.1. The number of rotatable bonds is 8. The minimum atomic E-state index is -0.153. The topological polar surface area (TPSA) is 44.8 Å². The molecule has 0 spiro atoms. The van der Waals surface area contributed by atoms with E-state index in [9.17, 15) is 9.18 Å². The zero-order valence-corrected chi connectivity index (χ0v) is 19.5. The van der Waals surface area contributed by atoms with Crippen molar-refractivity contribution in [2.75, 3.05) is 33.3 Å². The molecule has 1 aromatic rings. The molecule has 2 fully saturated rings. The number of nitrogens with one attached hydrogen (secondary N) is 1. The average Bonchev–Trinajstić information content (AvgIpc) is 3.49. The highest BCUT2D eigenvalue weighted by Gasteiger charge is 2.54. The zero-order chi connectivity index (χ0) is 22.7. The van der Waals surface area contributed by atoms with Crippen LogP contribution in [0.5, 0.6) is 5.75 Å². The van der Waals surface area contributed by atoms with Crippen molar-refractivity contribution in [2.45, 2.75) is 45.7 Å². The fourth-order valence-corrected chi connectivity index (χ4v) is 4.73. The number of likely N-dealkylation sites (tertiary alicyclic amines) is 1. The number of piperidine rings is 1. The largest absolute Gasteiger partial charge is 0.493 e. The summed E-state index contributed by atoms with van der Waals surface area (Å²) >= 11 is 0. The van der Waals surface area contributed by atoms with Crippen LogP contribution in [0.15, 0.2) is 48.3 Å². The number of halogens is 1. The van der Waals surface area contributed by atoms with E-state index in [-0.39, 0.29) is 29.2 Å². The number of hydrogen-bond donors (Lipinski definition) is 1. The second kappa shape index (κ2) is 9.65. The molecule has 2 unspecified atom stereocenters. The fraction of sp³-hybridized carbons (Fsp3) is 0.577. The molecule has 6 heteroatoms. The summed E-state index contributed by atoms with van der Waals surface area (Å²) in [6.45, 7) is 8.06. The van der Waals surface area contributed by atoms with Crippen LogP contribution in [0.3, 0.4) is 0 Å². The molecule has 0 bridgehead atoms. The van der Waals surface area contributed by atoms with Crippen molar-refractivity contribution in [2.24, 2.45) is 17.3 Å². The number of benzene rings is 1. The lowest BCUT2D eigenvalue weighted by atomic mass is 9.95. The highest BCUT2D eigenvalue weighted by Crippen LogP contribution is 2.58. The van der Waals surface area contributed by atoms with Crippen LogP contribution >= 0.6 is 0 Å². The standard InChI is InChI=1S/C26H36FN3O2/c1-19(2)17-32-24-6-4-20(5-7-24)16-28-25(31)30(23-9-12-29(3)13-10-23)18-26-11-8-22(27)14-21(26)15-26/h4-8,11,14,19,21,23H,9-10,12-13,15-18H2,1-3H3,(H,28,31). The summed E-state index contributed by atoms with van der Waals surface area (Å²) in [6.07, 6.45) is 8.13. The molecule has 1 saturated carbocycles. The molecule has 1 N–H and O–H groups in total. The Morgan fingerprint density at radius 1 is 1.28 bits per heavy atom. The van der Waals surface area contributed by atoms with E-state index < -0.39 is 0 Å². The van der Waals surface area contributed by atoms with E-state index in [4.69, 9.17) is 4.74 Å². The first-order valence-electron chi connectivity index (χ1n) is 11.9. The molecule has 5 nitrogen and oxygen atoms in total. The van der Waals surface area contributed by atoms with Crippen LogP contribution in [0, 0.1) is 17.3 Å². The minimum absolute atomic E-state index is 0.0249. The normalized spacial score (nSPS) is 25.3. The minimum Gasteiger partial charge on any atom is -0.493 e. The molecular formula is C26H36FN3O2. The van der Waals surface area contributed by atoms with E-state index in [1.54, 1.807) is 12.2 Å². The van der Waals surface area contributed by atoms with Gasteiger partial charge in [-0.15, -0.1) is 0 Å². The maximum atomic E-state index is 13.6. The van der Waals surface area contributed by atoms with Gasteiger partial charge in [-0.05, 0) is 81.1 Å². The van der Waals surface area contributed by atoms with Gasteiger partial charge in [0.2, 0.25) is 0 Å². The Morgan fingerprint density at radius 3 is 2.66 bits per heavy atom. The lowest BCUT2D eigenvalue weighted by Crippen LogP contribution is -2.52. The molecule has 4 rings (SSSR count). The molecule has 2 amide bonds. The number of carbonyl (C=O) groups excluding carboxylic acids is 1. The summed E-state index contributed by atoms with van der Waals surface area (Å²) in [5.41, 5.74) is 0.953. The molecule has 1 aromatic carbocycles. The predicted octanol–water partition coefficient (Wildman–Crippen LogP) is 4.76. The van der Waals surface area contributed by atoms with Gasteiger partial charge in [-0.3, -0.25) is 0 Å². The maximum absolute atomic E-state index is 13.6. The molecule has 2 atom stereocenters. The third-order valence-electron chi connectivity index (χ3n) is 6.92. The molecular weight excluding hydrogens is 405 g/mol. The number of nitrogens with zero attached hydrogens (tertiary/aromatic N) is 2. The fourth-order valence-electron chi connectivity index (χ4n) is 4.73. The van der Waals surface area contributed by atoms with Crippen molar-refractivity contribution in [3.63, 3.8) is 0 Å². The molecule has 3 aliphatic rings. The predicted molar refractivity (Wildman–Crippen MR) is 125 cm³/mol. The number of amides is 2. The van der Waals surface area contributed by atoms with Crippen LogP contribution in [0.4, 0.5) is 9.18 Å². The first-order valence-corrected chi connectivity index (χ1v) is 11.9. The maximum Gasteiger partial charge on any atom is 0.317 e. The van der Waals surface area contributed by atoms with Crippen molar-refractivity contribution in [1.29, 1.82) is 0 Å². The van der Waals surface area contributed by atoms with Crippen molar-refractivity contribution >= 4 is 6.03 Å². The summed E-state index contributed by atoms with van der Waals surface area (Å²) in [5.74, 6) is 1.40. The number of ether oxygens (including phenoxy) is 1. The Morgan fingerprint density at radius 2 is 2.00 bits per heavy atom. The van der Waals surface area contributed by atoms with Gasteiger partial charge in [0.1, 0.15) is 11.6 Å². The van der Waals surface area contributed by atoms with Gasteiger partial charge in [-0.25, -0.2) is 9.18 Å². The Kier molecular flexibility index (Phi) is 6.89. The number of hydrogen-bond acceptors (Lipinski definition) is 3. The smallest absolute Gasteiger partial charge is 0.317 e. The molecule has 0 aromatic heterocycles. The van der Waals surface area contributed by atoms with Crippen molar-refractivity contribution in [3.05, 3.63) is 53.9 Å². The lowest BCUT2D eigenvalue weighted by Gasteiger charge is -2.39. The van der Waals surface area contributed by atoms with Crippen LogP contribution in [0.25, 0.3) is 0 Å². The van der Waals surface area contributed by atoms with Crippen molar-refractivity contribution in [3.8, 4) is 5.75 Å². The van der Waals surface area contributed by atoms with E-state index in [0.29, 0.717) is 25.6 Å². The number of urea groups is 1. The van der Waals surface area contributed by atoms with Gasteiger partial charge in [0.05, 0.1) is 6.61 Å². The number of fused-ring (bicyclic) bond motifs is 1.